The highest BCUT2D eigenvalue weighted by molar-refractivity contribution is 5.76. The van der Waals surface area contributed by atoms with Crippen LogP contribution < -0.4 is 5.32 Å². The summed E-state index contributed by atoms with van der Waals surface area (Å²) in [7, 11) is 0. The molecule has 0 aromatic rings. The standard InChI is InChI=1S/C42H84N2O4/c1-3-5-7-9-11-13-15-17-18-19-20-21-22-23-24-25-27-29-31-33-35-37-41(47)43-39(38-45)42(44-48)40(46)36-34-32-30-28-26-16-14-12-10-8-6-4-2/h39-40,42,45-46H,3-38H2,1-2H3,(H,43,47). The SMILES string of the molecule is CCCCCCCCCCCCCCCCCCCCCCCC(=O)NC(CO)C(N=O)C(O)CCCCCCCCCCCCCC. The van der Waals surface area contributed by atoms with Crippen LogP contribution in [0.1, 0.15) is 239 Å². The lowest BCUT2D eigenvalue weighted by molar-refractivity contribution is -0.122. The maximum Gasteiger partial charge on any atom is 0.220 e. The Morgan fingerprint density at radius 2 is 0.792 bits per heavy atom. The largest absolute Gasteiger partial charge is 0.394 e. The van der Waals surface area contributed by atoms with Crippen molar-refractivity contribution in [3.8, 4) is 0 Å². The lowest BCUT2D eigenvalue weighted by atomic mass is 9.97. The van der Waals surface area contributed by atoms with Gasteiger partial charge in [-0.15, -0.1) is 0 Å². The molecule has 0 saturated heterocycles. The van der Waals surface area contributed by atoms with Crippen molar-refractivity contribution in [1.82, 2.24) is 5.32 Å². The summed E-state index contributed by atoms with van der Waals surface area (Å²) in [6.07, 6.45) is 42.7. The summed E-state index contributed by atoms with van der Waals surface area (Å²) in [5, 5.41) is 26.3. The molecule has 0 aliphatic carbocycles. The molecule has 3 atom stereocenters. The molecular weight excluding hydrogens is 596 g/mol. The number of amides is 1. The quantitative estimate of drug-likeness (QED) is 0.0443. The van der Waals surface area contributed by atoms with E-state index < -0.39 is 24.8 Å². The van der Waals surface area contributed by atoms with Gasteiger partial charge >= 0.3 is 0 Å². The van der Waals surface area contributed by atoms with Gasteiger partial charge in [-0.05, 0) is 12.8 Å². The second kappa shape index (κ2) is 38.8. The van der Waals surface area contributed by atoms with E-state index in [0.717, 1.165) is 38.5 Å². The molecule has 286 valence electrons. The first kappa shape index (κ1) is 47.0. The van der Waals surface area contributed by atoms with E-state index in [-0.39, 0.29) is 5.91 Å². The monoisotopic (exact) mass is 681 g/mol. The topological polar surface area (TPSA) is 99.0 Å². The first-order valence-electron chi connectivity index (χ1n) is 21.5. The van der Waals surface area contributed by atoms with Gasteiger partial charge in [0.2, 0.25) is 5.91 Å². The summed E-state index contributed by atoms with van der Waals surface area (Å²) in [4.78, 5) is 24.0. The van der Waals surface area contributed by atoms with Crippen molar-refractivity contribution in [2.45, 2.75) is 257 Å². The minimum atomic E-state index is -1.01. The third kappa shape index (κ3) is 32.2. The number of aliphatic hydroxyl groups is 2. The van der Waals surface area contributed by atoms with E-state index in [4.69, 9.17) is 0 Å². The summed E-state index contributed by atoms with van der Waals surface area (Å²) in [5.41, 5.74) is 0. The zero-order chi connectivity index (χ0) is 35.2. The number of rotatable bonds is 40. The highest BCUT2D eigenvalue weighted by Crippen LogP contribution is 2.18. The third-order valence-corrected chi connectivity index (χ3v) is 10.3. The second-order valence-electron chi connectivity index (χ2n) is 15.0. The normalized spacial score (nSPS) is 13.4. The smallest absolute Gasteiger partial charge is 0.220 e. The fraction of sp³-hybridized carbons (Fsp3) is 0.976. The van der Waals surface area contributed by atoms with Crippen molar-refractivity contribution in [1.29, 1.82) is 0 Å². The fourth-order valence-electron chi connectivity index (χ4n) is 7.01. The number of nitrogens with zero attached hydrogens (tertiary/aromatic N) is 1. The second-order valence-corrected chi connectivity index (χ2v) is 15.0. The molecule has 0 heterocycles. The summed E-state index contributed by atoms with van der Waals surface area (Å²) in [5.74, 6) is -0.168. The number of carbonyl (C=O) groups is 1. The Hall–Kier alpha value is -1.01. The molecule has 0 radical (unpaired) electrons. The van der Waals surface area contributed by atoms with E-state index in [9.17, 15) is 19.9 Å². The Bertz CT molecular complexity index is 662. The highest BCUT2D eigenvalue weighted by Gasteiger charge is 2.30. The zero-order valence-electron chi connectivity index (χ0n) is 32.3. The van der Waals surface area contributed by atoms with Crippen LogP contribution in [0.3, 0.4) is 0 Å². The molecule has 6 heteroatoms. The molecule has 0 aromatic heterocycles. The predicted octanol–water partition coefficient (Wildman–Crippen LogP) is 12.7. The van der Waals surface area contributed by atoms with Gasteiger partial charge in [0, 0.05) is 6.42 Å². The lowest BCUT2D eigenvalue weighted by Gasteiger charge is -2.25. The highest BCUT2D eigenvalue weighted by atomic mass is 16.3. The Balaban J connectivity index is 3.67. The van der Waals surface area contributed by atoms with Crippen LogP contribution in [0.2, 0.25) is 0 Å². The Kier molecular flexibility index (Phi) is 38.0. The average Bonchev–Trinajstić information content (AvgIpc) is 3.09. The number of hydrogen-bond acceptors (Lipinski definition) is 5. The number of hydrogen-bond donors (Lipinski definition) is 3. The number of unbranched alkanes of at least 4 members (excludes halogenated alkanes) is 31. The minimum absolute atomic E-state index is 0.168. The first-order valence-corrected chi connectivity index (χ1v) is 21.5. The molecule has 0 aromatic carbocycles. The third-order valence-electron chi connectivity index (χ3n) is 10.3. The lowest BCUT2D eigenvalue weighted by Crippen LogP contribution is -2.49. The average molecular weight is 681 g/mol. The van der Waals surface area contributed by atoms with Crippen molar-refractivity contribution in [2.75, 3.05) is 6.61 Å². The molecule has 0 bridgehead atoms. The summed E-state index contributed by atoms with van der Waals surface area (Å²) < 4.78 is 0. The Morgan fingerprint density at radius 1 is 0.500 bits per heavy atom. The van der Waals surface area contributed by atoms with Gasteiger partial charge in [-0.25, -0.2) is 0 Å². The molecule has 0 aliphatic heterocycles. The van der Waals surface area contributed by atoms with Crippen LogP contribution in [0.4, 0.5) is 0 Å². The fourth-order valence-corrected chi connectivity index (χ4v) is 7.01. The molecule has 0 aliphatic rings. The molecule has 0 spiro atoms. The summed E-state index contributed by atoms with van der Waals surface area (Å²) in [6, 6.07) is -1.83. The summed E-state index contributed by atoms with van der Waals surface area (Å²) in [6.45, 7) is 4.15. The van der Waals surface area contributed by atoms with E-state index >= 15 is 0 Å². The molecule has 6 nitrogen and oxygen atoms in total. The molecule has 1 amide bonds. The zero-order valence-corrected chi connectivity index (χ0v) is 32.3. The Morgan fingerprint density at radius 3 is 1.08 bits per heavy atom. The van der Waals surface area contributed by atoms with Crippen molar-refractivity contribution >= 4 is 5.91 Å². The molecule has 3 N–H and O–H groups in total. The summed E-state index contributed by atoms with van der Waals surface area (Å²) >= 11 is 0. The van der Waals surface area contributed by atoms with Gasteiger partial charge in [-0.1, -0.05) is 224 Å². The molecule has 3 unspecified atom stereocenters. The number of aliphatic hydroxyl groups excluding tert-OH is 2. The maximum atomic E-state index is 12.5. The molecular formula is C42H84N2O4. The van der Waals surface area contributed by atoms with Crippen LogP contribution in [-0.4, -0.2) is 40.9 Å². The first-order chi connectivity index (χ1) is 23.6. The van der Waals surface area contributed by atoms with Gasteiger partial charge in [0.05, 0.1) is 18.8 Å². The van der Waals surface area contributed by atoms with Gasteiger partial charge in [-0.2, -0.15) is 4.91 Å². The van der Waals surface area contributed by atoms with E-state index in [1.807, 2.05) is 0 Å². The van der Waals surface area contributed by atoms with Crippen molar-refractivity contribution < 1.29 is 15.0 Å². The van der Waals surface area contributed by atoms with Crippen LogP contribution in [0.5, 0.6) is 0 Å². The van der Waals surface area contributed by atoms with E-state index in [1.165, 1.54) is 173 Å². The van der Waals surface area contributed by atoms with Crippen LogP contribution in [-0.2, 0) is 4.79 Å². The van der Waals surface area contributed by atoms with Gasteiger partial charge in [0.1, 0.15) is 6.04 Å². The predicted molar refractivity (Wildman–Crippen MR) is 208 cm³/mol. The molecule has 0 saturated carbocycles. The van der Waals surface area contributed by atoms with E-state index in [0.29, 0.717) is 12.8 Å². The van der Waals surface area contributed by atoms with E-state index in [2.05, 4.69) is 24.3 Å². The van der Waals surface area contributed by atoms with Gasteiger partial charge < -0.3 is 15.5 Å². The van der Waals surface area contributed by atoms with E-state index in [1.54, 1.807) is 0 Å². The van der Waals surface area contributed by atoms with Crippen LogP contribution in [0.15, 0.2) is 5.18 Å². The van der Waals surface area contributed by atoms with Crippen molar-refractivity contribution in [3.63, 3.8) is 0 Å². The van der Waals surface area contributed by atoms with Crippen molar-refractivity contribution in [2.24, 2.45) is 5.18 Å². The molecule has 0 rings (SSSR count). The molecule has 0 fully saturated rings. The minimum Gasteiger partial charge on any atom is -0.394 e. The Labute approximate surface area is 299 Å². The van der Waals surface area contributed by atoms with Gasteiger partial charge in [0.25, 0.3) is 0 Å². The van der Waals surface area contributed by atoms with Crippen LogP contribution in [0.25, 0.3) is 0 Å². The number of carbonyl (C=O) groups excluding carboxylic acids is 1. The molecule has 48 heavy (non-hydrogen) atoms. The maximum absolute atomic E-state index is 12.5. The number of nitrogens with one attached hydrogen (secondary N) is 1. The van der Waals surface area contributed by atoms with Crippen LogP contribution >= 0.6 is 0 Å². The van der Waals surface area contributed by atoms with Gasteiger partial charge in [0.15, 0.2) is 0 Å². The number of nitroso groups, excluding NO2 is 1. The van der Waals surface area contributed by atoms with Crippen molar-refractivity contribution in [3.05, 3.63) is 4.91 Å². The van der Waals surface area contributed by atoms with Gasteiger partial charge in [-0.3, -0.25) is 4.79 Å². The van der Waals surface area contributed by atoms with Crippen LogP contribution in [0, 0.1) is 4.91 Å².